The molecule has 2 aliphatic rings. The lowest BCUT2D eigenvalue weighted by atomic mass is 10.0. The van der Waals surface area contributed by atoms with Gasteiger partial charge in [-0.1, -0.05) is 49.4 Å². The molecular formula is C29H34N4O4S. The SMILES string of the molecule is CCCN1C(=O)C(C)c2c1cc(-c1ccc(S(=O)(=O)N3CCN(CCc4ccccc4)CC3)cc1)[nH]c2=O. The molecule has 1 fully saturated rings. The van der Waals surface area contributed by atoms with E-state index in [1.54, 1.807) is 40.4 Å². The minimum absolute atomic E-state index is 0.0638. The zero-order chi connectivity index (χ0) is 26.9. The van der Waals surface area contributed by atoms with Crippen LogP contribution >= 0.6 is 0 Å². The maximum absolute atomic E-state index is 13.3. The molecule has 1 saturated heterocycles. The monoisotopic (exact) mass is 534 g/mol. The molecule has 0 spiro atoms. The minimum atomic E-state index is -3.62. The van der Waals surface area contributed by atoms with Crippen LogP contribution in [-0.2, 0) is 21.2 Å². The summed E-state index contributed by atoms with van der Waals surface area (Å²) in [5, 5.41) is 0. The Labute approximate surface area is 223 Å². The molecular weight excluding hydrogens is 500 g/mol. The normalized spacial score (nSPS) is 18.6. The van der Waals surface area contributed by atoms with E-state index in [1.165, 1.54) is 5.56 Å². The van der Waals surface area contributed by atoms with E-state index in [0.29, 0.717) is 55.2 Å². The molecule has 200 valence electrons. The second-order valence-corrected chi connectivity index (χ2v) is 12.0. The van der Waals surface area contributed by atoms with Gasteiger partial charge in [-0.3, -0.25) is 9.59 Å². The summed E-state index contributed by atoms with van der Waals surface area (Å²) in [7, 11) is -3.62. The summed E-state index contributed by atoms with van der Waals surface area (Å²) in [6.07, 6.45) is 1.73. The third-order valence-corrected chi connectivity index (χ3v) is 9.46. The Kier molecular flexibility index (Phi) is 7.52. The fraction of sp³-hybridized carbons (Fsp3) is 0.379. The highest BCUT2D eigenvalue weighted by Crippen LogP contribution is 2.36. The predicted molar refractivity (Wildman–Crippen MR) is 149 cm³/mol. The molecule has 8 nitrogen and oxygen atoms in total. The molecule has 9 heteroatoms. The second kappa shape index (κ2) is 10.8. The van der Waals surface area contributed by atoms with E-state index in [1.807, 2.05) is 31.2 Å². The number of benzene rings is 2. The molecule has 1 amide bonds. The molecule has 0 aliphatic carbocycles. The zero-order valence-corrected chi connectivity index (χ0v) is 22.7. The first kappa shape index (κ1) is 26.3. The van der Waals surface area contributed by atoms with Crippen LogP contribution in [0.4, 0.5) is 5.69 Å². The van der Waals surface area contributed by atoms with Crippen LogP contribution in [0.2, 0.25) is 0 Å². The van der Waals surface area contributed by atoms with Gasteiger partial charge in [0.25, 0.3) is 5.56 Å². The van der Waals surface area contributed by atoms with Gasteiger partial charge in [0.05, 0.1) is 27.8 Å². The summed E-state index contributed by atoms with van der Waals surface area (Å²) >= 11 is 0. The fourth-order valence-corrected chi connectivity index (χ4v) is 6.79. The minimum Gasteiger partial charge on any atom is -0.322 e. The van der Waals surface area contributed by atoms with Crippen molar-refractivity contribution in [1.29, 1.82) is 0 Å². The van der Waals surface area contributed by atoms with Crippen LogP contribution in [0.5, 0.6) is 0 Å². The van der Waals surface area contributed by atoms with E-state index in [-0.39, 0.29) is 16.4 Å². The van der Waals surface area contributed by atoms with E-state index >= 15 is 0 Å². The number of piperazine rings is 1. The number of carbonyl (C=O) groups excluding carboxylic acids is 1. The fourth-order valence-electron chi connectivity index (χ4n) is 5.36. The number of hydrogen-bond donors (Lipinski definition) is 1. The second-order valence-electron chi connectivity index (χ2n) is 10.0. The van der Waals surface area contributed by atoms with Crippen molar-refractivity contribution in [1.82, 2.24) is 14.2 Å². The first-order valence-electron chi connectivity index (χ1n) is 13.2. The Morgan fingerprint density at radius 3 is 2.26 bits per heavy atom. The summed E-state index contributed by atoms with van der Waals surface area (Å²) in [6.45, 7) is 7.52. The molecule has 0 radical (unpaired) electrons. The first-order valence-corrected chi connectivity index (χ1v) is 14.7. The van der Waals surface area contributed by atoms with Gasteiger partial charge in [-0.05, 0) is 49.1 Å². The lowest BCUT2D eigenvalue weighted by Gasteiger charge is -2.34. The number of H-pyrrole nitrogens is 1. The summed E-state index contributed by atoms with van der Waals surface area (Å²) in [5.74, 6) is -0.535. The zero-order valence-electron chi connectivity index (χ0n) is 21.9. The van der Waals surface area contributed by atoms with Crippen molar-refractivity contribution in [2.45, 2.75) is 37.5 Å². The molecule has 5 rings (SSSR count). The first-order chi connectivity index (χ1) is 18.3. The number of nitrogens with zero attached hydrogens (tertiary/aromatic N) is 3. The molecule has 1 N–H and O–H groups in total. The van der Waals surface area contributed by atoms with Crippen molar-refractivity contribution in [3.05, 3.63) is 82.1 Å². The third kappa shape index (κ3) is 5.06. The lowest BCUT2D eigenvalue weighted by molar-refractivity contribution is -0.119. The van der Waals surface area contributed by atoms with Crippen LogP contribution in [0.1, 0.15) is 37.3 Å². The van der Waals surface area contributed by atoms with Crippen LogP contribution in [0.15, 0.2) is 70.4 Å². The van der Waals surface area contributed by atoms with Crippen molar-refractivity contribution in [3.63, 3.8) is 0 Å². The van der Waals surface area contributed by atoms with Crippen molar-refractivity contribution >= 4 is 21.6 Å². The third-order valence-electron chi connectivity index (χ3n) is 7.55. The highest BCUT2D eigenvalue weighted by atomic mass is 32.2. The number of nitrogens with one attached hydrogen (secondary N) is 1. The lowest BCUT2D eigenvalue weighted by Crippen LogP contribution is -2.48. The van der Waals surface area contributed by atoms with Gasteiger partial charge in [0.1, 0.15) is 0 Å². The topological polar surface area (TPSA) is 93.8 Å². The van der Waals surface area contributed by atoms with Crippen LogP contribution in [0.25, 0.3) is 11.3 Å². The number of hydrogen-bond acceptors (Lipinski definition) is 5. The number of pyridine rings is 1. The summed E-state index contributed by atoms with van der Waals surface area (Å²) in [6, 6.07) is 18.8. The Balaban J connectivity index is 1.28. The average Bonchev–Trinajstić information content (AvgIpc) is 3.18. The van der Waals surface area contributed by atoms with Crippen molar-refractivity contribution < 1.29 is 13.2 Å². The predicted octanol–water partition coefficient (Wildman–Crippen LogP) is 3.45. The number of sulfonamides is 1. The van der Waals surface area contributed by atoms with Gasteiger partial charge in [-0.2, -0.15) is 4.31 Å². The molecule has 3 heterocycles. The number of anilines is 1. The highest BCUT2D eigenvalue weighted by molar-refractivity contribution is 7.89. The molecule has 2 aliphatic heterocycles. The summed E-state index contributed by atoms with van der Waals surface area (Å²) in [5.41, 5.74) is 3.40. The van der Waals surface area contributed by atoms with Gasteiger partial charge in [-0.25, -0.2) is 8.42 Å². The van der Waals surface area contributed by atoms with E-state index in [4.69, 9.17) is 0 Å². The summed E-state index contributed by atoms with van der Waals surface area (Å²) < 4.78 is 28.2. The van der Waals surface area contributed by atoms with Gasteiger partial charge in [0, 0.05) is 39.3 Å². The molecule has 1 atom stereocenters. The standard InChI is InChI=1S/C29H34N4O4S/c1-3-14-33-26-20-25(30-28(34)27(26)21(2)29(33)35)23-9-11-24(12-10-23)38(36,37)32-18-16-31(17-19-32)15-13-22-7-5-4-6-8-22/h4-12,20-21H,3,13-19H2,1-2H3,(H,30,34). The molecule has 2 aromatic carbocycles. The van der Waals surface area contributed by atoms with E-state index in [9.17, 15) is 18.0 Å². The number of amides is 1. The largest absolute Gasteiger partial charge is 0.322 e. The molecule has 0 saturated carbocycles. The van der Waals surface area contributed by atoms with Crippen LogP contribution in [-0.4, -0.2) is 67.8 Å². The van der Waals surface area contributed by atoms with Crippen molar-refractivity contribution in [3.8, 4) is 11.3 Å². The quantitative estimate of drug-likeness (QED) is 0.478. The molecule has 3 aromatic rings. The van der Waals surface area contributed by atoms with Crippen LogP contribution in [0.3, 0.4) is 0 Å². The van der Waals surface area contributed by atoms with Crippen molar-refractivity contribution in [2.75, 3.05) is 44.2 Å². The Morgan fingerprint density at radius 2 is 1.61 bits per heavy atom. The van der Waals surface area contributed by atoms with Gasteiger partial charge < -0.3 is 14.8 Å². The smallest absolute Gasteiger partial charge is 0.254 e. The van der Waals surface area contributed by atoms with E-state index < -0.39 is 15.9 Å². The number of rotatable bonds is 8. The molecule has 0 bridgehead atoms. The van der Waals surface area contributed by atoms with E-state index in [0.717, 1.165) is 19.4 Å². The maximum Gasteiger partial charge on any atom is 0.254 e. The Morgan fingerprint density at radius 1 is 0.921 bits per heavy atom. The van der Waals surface area contributed by atoms with Gasteiger partial charge in [0.15, 0.2) is 0 Å². The molecule has 1 unspecified atom stereocenters. The Bertz CT molecular complexity index is 1460. The Hall–Kier alpha value is -3.27. The number of carbonyl (C=O) groups is 1. The highest BCUT2D eigenvalue weighted by Gasteiger charge is 2.36. The van der Waals surface area contributed by atoms with Crippen molar-refractivity contribution in [2.24, 2.45) is 0 Å². The van der Waals surface area contributed by atoms with Crippen LogP contribution in [0, 0.1) is 0 Å². The number of aromatic nitrogens is 1. The molecule has 38 heavy (non-hydrogen) atoms. The van der Waals surface area contributed by atoms with Gasteiger partial charge in [0.2, 0.25) is 15.9 Å². The average molecular weight is 535 g/mol. The van der Waals surface area contributed by atoms with Crippen LogP contribution < -0.4 is 10.5 Å². The summed E-state index contributed by atoms with van der Waals surface area (Å²) in [4.78, 5) is 32.6. The molecule has 1 aromatic heterocycles. The van der Waals surface area contributed by atoms with E-state index in [2.05, 4.69) is 22.0 Å². The van der Waals surface area contributed by atoms with Gasteiger partial charge >= 0.3 is 0 Å². The maximum atomic E-state index is 13.3. The number of fused-ring (bicyclic) bond motifs is 1. The number of aromatic amines is 1. The van der Waals surface area contributed by atoms with Gasteiger partial charge in [-0.15, -0.1) is 0 Å².